The first-order chi connectivity index (χ1) is 9.79. The normalized spacial score (nSPS) is 28.6. The van der Waals surface area contributed by atoms with Gasteiger partial charge in [0.05, 0.1) is 5.75 Å². The summed E-state index contributed by atoms with van der Waals surface area (Å²) in [6, 6.07) is -1.08. The molecule has 0 aromatic heterocycles. The first-order valence-corrected chi connectivity index (χ1v) is 9.64. The van der Waals surface area contributed by atoms with Gasteiger partial charge in [-0.2, -0.15) is 0 Å². The quantitative estimate of drug-likeness (QED) is 0.810. The summed E-state index contributed by atoms with van der Waals surface area (Å²) in [5, 5.41) is 2.72. The third kappa shape index (κ3) is 3.96. The number of nitrogens with zero attached hydrogens (tertiary/aromatic N) is 1. The molecule has 120 valence electrons. The lowest BCUT2D eigenvalue weighted by Gasteiger charge is -2.42. The molecule has 6 nitrogen and oxygen atoms in total. The second-order valence-corrected chi connectivity index (χ2v) is 8.49. The minimum absolute atomic E-state index is 0.0953. The molecule has 0 spiro atoms. The molecule has 1 N–H and O–H groups in total. The highest BCUT2D eigenvalue weighted by Gasteiger charge is 2.42. The molecule has 0 aromatic carbocycles. The number of sulfone groups is 1. The largest absolute Gasteiger partial charge is 0.343 e. The van der Waals surface area contributed by atoms with Crippen molar-refractivity contribution in [1.82, 2.24) is 10.2 Å². The van der Waals surface area contributed by atoms with E-state index in [1.807, 2.05) is 0 Å². The maximum Gasteiger partial charge on any atom is 0.245 e. The number of nitrogens with one attached hydrogen (secondary N) is 1. The lowest BCUT2D eigenvalue weighted by atomic mass is 9.81. The Kier molecular flexibility index (Phi) is 4.91. The average molecular weight is 316 g/mol. The van der Waals surface area contributed by atoms with E-state index in [9.17, 15) is 18.0 Å². The second-order valence-electron chi connectivity index (χ2n) is 6.23. The standard InChI is InChI=1S/C14H24N2O4S/c1-10-14(18)16(8-9-21(2,19)20)12(13(17)15-10)11-6-4-3-5-7-11/h10-12H,3-9H2,1-2H3,(H,15,17). The zero-order valence-electron chi connectivity index (χ0n) is 12.7. The van der Waals surface area contributed by atoms with E-state index in [-0.39, 0.29) is 30.0 Å². The second kappa shape index (κ2) is 6.34. The van der Waals surface area contributed by atoms with Crippen LogP contribution in [-0.2, 0) is 19.4 Å². The zero-order valence-corrected chi connectivity index (χ0v) is 13.5. The molecule has 1 aliphatic carbocycles. The molecule has 2 rings (SSSR count). The number of rotatable bonds is 4. The molecule has 1 saturated carbocycles. The molecule has 2 fully saturated rings. The monoisotopic (exact) mass is 316 g/mol. The van der Waals surface area contributed by atoms with Gasteiger partial charge in [-0.3, -0.25) is 9.59 Å². The summed E-state index contributed by atoms with van der Waals surface area (Å²) in [6.45, 7) is 1.75. The van der Waals surface area contributed by atoms with Crippen molar-refractivity contribution in [2.75, 3.05) is 18.6 Å². The van der Waals surface area contributed by atoms with E-state index in [4.69, 9.17) is 0 Å². The van der Waals surface area contributed by atoms with Crippen LogP contribution in [0.5, 0.6) is 0 Å². The summed E-state index contributed by atoms with van der Waals surface area (Å²) in [4.78, 5) is 26.2. The molecule has 2 atom stereocenters. The molecule has 1 heterocycles. The molecule has 2 unspecified atom stereocenters. The van der Waals surface area contributed by atoms with E-state index in [0.717, 1.165) is 31.9 Å². The van der Waals surface area contributed by atoms with E-state index in [0.29, 0.717) is 0 Å². The molecular formula is C14H24N2O4S. The molecule has 2 aliphatic rings. The van der Waals surface area contributed by atoms with Gasteiger partial charge in [0.2, 0.25) is 11.8 Å². The first-order valence-electron chi connectivity index (χ1n) is 7.58. The summed E-state index contributed by atoms with van der Waals surface area (Å²) < 4.78 is 22.8. The van der Waals surface area contributed by atoms with Gasteiger partial charge >= 0.3 is 0 Å². The van der Waals surface area contributed by atoms with Gasteiger partial charge in [0, 0.05) is 12.8 Å². The number of hydrogen-bond acceptors (Lipinski definition) is 4. The molecule has 1 saturated heterocycles. The number of carbonyl (C=O) groups is 2. The predicted molar refractivity (Wildman–Crippen MR) is 79.4 cm³/mol. The minimum Gasteiger partial charge on any atom is -0.343 e. The van der Waals surface area contributed by atoms with Gasteiger partial charge in [-0.1, -0.05) is 19.3 Å². The van der Waals surface area contributed by atoms with Gasteiger partial charge in [-0.15, -0.1) is 0 Å². The predicted octanol–water partition coefficient (Wildman–Crippen LogP) is 0.327. The number of hydrogen-bond donors (Lipinski definition) is 1. The maximum atomic E-state index is 12.4. The lowest BCUT2D eigenvalue weighted by Crippen LogP contribution is -2.65. The van der Waals surface area contributed by atoms with Crippen LogP contribution in [0.4, 0.5) is 0 Å². The minimum atomic E-state index is -3.16. The van der Waals surface area contributed by atoms with Crippen LogP contribution in [0.2, 0.25) is 0 Å². The maximum absolute atomic E-state index is 12.4. The Hall–Kier alpha value is -1.11. The van der Waals surface area contributed by atoms with Gasteiger partial charge in [-0.05, 0) is 25.7 Å². The molecule has 7 heteroatoms. The van der Waals surface area contributed by atoms with Crippen LogP contribution >= 0.6 is 0 Å². The molecule has 0 radical (unpaired) electrons. The molecular weight excluding hydrogens is 292 g/mol. The van der Waals surface area contributed by atoms with Crippen molar-refractivity contribution < 1.29 is 18.0 Å². The van der Waals surface area contributed by atoms with Crippen LogP contribution in [0.15, 0.2) is 0 Å². The van der Waals surface area contributed by atoms with Crippen LogP contribution in [0.3, 0.4) is 0 Å². The number of piperazine rings is 1. The Bertz CT molecular complexity index is 511. The fourth-order valence-electron chi connectivity index (χ4n) is 3.32. The van der Waals surface area contributed by atoms with Crippen molar-refractivity contribution in [3.05, 3.63) is 0 Å². The van der Waals surface area contributed by atoms with Crippen LogP contribution in [0.25, 0.3) is 0 Å². The van der Waals surface area contributed by atoms with Crippen LogP contribution in [-0.4, -0.2) is 55.8 Å². The van der Waals surface area contributed by atoms with Crippen LogP contribution < -0.4 is 5.32 Å². The van der Waals surface area contributed by atoms with Crippen molar-refractivity contribution in [2.45, 2.75) is 51.1 Å². The first kappa shape index (κ1) is 16.3. The molecule has 1 aliphatic heterocycles. The van der Waals surface area contributed by atoms with Crippen LogP contribution in [0.1, 0.15) is 39.0 Å². The van der Waals surface area contributed by atoms with Crippen LogP contribution in [0, 0.1) is 5.92 Å². The highest BCUT2D eigenvalue weighted by Crippen LogP contribution is 2.31. The summed E-state index contributed by atoms with van der Waals surface area (Å²) in [6.07, 6.45) is 6.31. The Morgan fingerprint density at radius 1 is 1.19 bits per heavy atom. The summed E-state index contributed by atoms with van der Waals surface area (Å²) >= 11 is 0. The summed E-state index contributed by atoms with van der Waals surface area (Å²) in [7, 11) is -3.16. The molecule has 2 amide bonds. The van der Waals surface area contributed by atoms with E-state index in [1.54, 1.807) is 6.92 Å². The Morgan fingerprint density at radius 2 is 1.81 bits per heavy atom. The van der Waals surface area contributed by atoms with Gasteiger partial charge < -0.3 is 10.2 Å². The third-order valence-electron chi connectivity index (χ3n) is 4.42. The SMILES string of the molecule is CC1NC(=O)C(C2CCCCC2)N(CCS(C)(=O)=O)C1=O. The van der Waals surface area contributed by atoms with Crippen molar-refractivity contribution in [2.24, 2.45) is 5.92 Å². The van der Waals surface area contributed by atoms with Gasteiger partial charge in [-0.25, -0.2) is 8.42 Å². The topological polar surface area (TPSA) is 83.6 Å². The average Bonchev–Trinajstić information content (AvgIpc) is 2.41. The number of carbonyl (C=O) groups excluding carboxylic acids is 2. The highest BCUT2D eigenvalue weighted by atomic mass is 32.2. The van der Waals surface area contributed by atoms with E-state index >= 15 is 0 Å². The van der Waals surface area contributed by atoms with E-state index in [2.05, 4.69) is 5.32 Å². The Morgan fingerprint density at radius 3 is 2.38 bits per heavy atom. The molecule has 21 heavy (non-hydrogen) atoms. The fourth-order valence-corrected chi connectivity index (χ4v) is 3.85. The van der Waals surface area contributed by atoms with Crippen molar-refractivity contribution >= 4 is 21.7 Å². The highest BCUT2D eigenvalue weighted by molar-refractivity contribution is 7.90. The van der Waals surface area contributed by atoms with Crippen molar-refractivity contribution in [1.29, 1.82) is 0 Å². The Labute approximate surface area is 126 Å². The summed E-state index contributed by atoms with van der Waals surface area (Å²) in [5.74, 6) is -0.256. The molecule has 0 bridgehead atoms. The third-order valence-corrected chi connectivity index (χ3v) is 5.34. The van der Waals surface area contributed by atoms with E-state index in [1.165, 1.54) is 11.3 Å². The summed E-state index contributed by atoms with van der Waals surface area (Å²) in [5.41, 5.74) is 0. The molecule has 0 aromatic rings. The van der Waals surface area contributed by atoms with Gasteiger partial charge in [0.15, 0.2) is 0 Å². The zero-order chi connectivity index (χ0) is 15.6. The van der Waals surface area contributed by atoms with Crippen molar-refractivity contribution in [3.63, 3.8) is 0 Å². The van der Waals surface area contributed by atoms with Crippen molar-refractivity contribution in [3.8, 4) is 0 Å². The smallest absolute Gasteiger partial charge is 0.245 e. The van der Waals surface area contributed by atoms with Gasteiger partial charge in [0.1, 0.15) is 21.9 Å². The van der Waals surface area contributed by atoms with Gasteiger partial charge in [0.25, 0.3) is 0 Å². The fraction of sp³-hybridized carbons (Fsp3) is 0.857. The lowest BCUT2D eigenvalue weighted by molar-refractivity contribution is -0.151. The Balaban J connectivity index is 2.18. The number of amides is 2. The van der Waals surface area contributed by atoms with E-state index < -0.39 is 21.9 Å².